The van der Waals surface area contributed by atoms with Gasteiger partial charge in [-0.3, -0.25) is 9.25 Å². The molecule has 0 aliphatic heterocycles. The Morgan fingerprint density at radius 3 is 2.39 bits per heavy atom. The molecule has 0 aromatic carbocycles. The standard InChI is InChI=1S/C13H19N5/c1-7-10-12(17(2)16-7)18(13(14)15-10)11(8-3-4-8)9-5-6-9/h8-9,11H,3-6H2,1-2H3,(H2,14,15). The summed E-state index contributed by atoms with van der Waals surface area (Å²) in [5, 5.41) is 4.47. The molecule has 2 fully saturated rings. The molecule has 0 saturated heterocycles. The fourth-order valence-corrected chi connectivity index (χ4v) is 3.29. The van der Waals surface area contributed by atoms with Crippen molar-refractivity contribution in [2.75, 3.05) is 5.73 Å². The van der Waals surface area contributed by atoms with Crippen LogP contribution in [0.4, 0.5) is 5.95 Å². The zero-order valence-electron chi connectivity index (χ0n) is 10.9. The summed E-state index contributed by atoms with van der Waals surface area (Å²) in [6.45, 7) is 2.00. The van der Waals surface area contributed by atoms with Crippen LogP contribution >= 0.6 is 0 Å². The fourth-order valence-electron chi connectivity index (χ4n) is 3.29. The number of hydrogen-bond acceptors (Lipinski definition) is 3. The molecule has 2 N–H and O–H groups in total. The number of nitrogens with zero attached hydrogens (tertiary/aromatic N) is 4. The predicted octanol–water partition coefficient (Wildman–Crippen LogP) is 2.02. The van der Waals surface area contributed by atoms with Crippen LogP contribution in [0, 0.1) is 18.8 Å². The second-order valence-electron chi connectivity index (χ2n) is 5.89. The first-order chi connectivity index (χ1) is 8.66. The van der Waals surface area contributed by atoms with Crippen LogP contribution in [0.2, 0.25) is 0 Å². The normalized spacial score (nSPS) is 20.2. The van der Waals surface area contributed by atoms with Crippen molar-refractivity contribution < 1.29 is 0 Å². The van der Waals surface area contributed by atoms with Crippen molar-refractivity contribution in [2.24, 2.45) is 18.9 Å². The molecule has 5 heteroatoms. The number of fused-ring (bicyclic) bond motifs is 1. The van der Waals surface area contributed by atoms with E-state index >= 15 is 0 Å². The monoisotopic (exact) mass is 245 g/mol. The molecule has 0 unspecified atom stereocenters. The summed E-state index contributed by atoms with van der Waals surface area (Å²) >= 11 is 0. The van der Waals surface area contributed by atoms with Crippen LogP contribution in [0.25, 0.3) is 11.2 Å². The maximum Gasteiger partial charge on any atom is 0.202 e. The molecule has 0 radical (unpaired) electrons. The van der Waals surface area contributed by atoms with E-state index in [0.29, 0.717) is 12.0 Å². The van der Waals surface area contributed by atoms with E-state index < -0.39 is 0 Å². The van der Waals surface area contributed by atoms with Gasteiger partial charge in [0.1, 0.15) is 5.52 Å². The summed E-state index contributed by atoms with van der Waals surface area (Å²) in [5.41, 5.74) is 9.23. The number of aromatic nitrogens is 4. The molecule has 0 amide bonds. The molecule has 2 aliphatic rings. The van der Waals surface area contributed by atoms with Gasteiger partial charge in [-0.1, -0.05) is 0 Å². The third kappa shape index (κ3) is 1.33. The van der Waals surface area contributed by atoms with Crippen molar-refractivity contribution in [2.45, 2.75) is 38.6 Å². The first kappa shape index (κ1) is 10.4. The van der Waals surface area contributed by atoms with E-state index in [9.17, 15) is 0 Å². The highest BCUT2D eigenvalue weighted by Gasteiger charge is 2.44. The summed E-state index contributed by atoms with van der Waals surface area (Å²) in [7, 11) is 1.99. The van der Waals surface area contributed by atoms with Gasteiger partial charge >= 0.3 is 0 Å². The lowest BCUT2D eigenvalue weighted by Crippen LogP contribution is -2.17. The first-order valence-corrected chi connectivity index (χ1v) is 6.84. The molecule has 18 heavy (non-hydrogen) atoms. The van der Waals surface area contributed by atoms with Gasteiger partial charge in [0.05, 0.1) is 5.69 Å². The van der Waals surface area contributed by atoms with Crippen molar-refractivity contribution in [1.29, 1.82) is 0 Å². The minimum Gasteiger partial charge on any atom is -0.369 e. The van der Waals surface area contributed by atoms with Crippen LogP contribution in [-0.4, -0.2) is 19.3 Å². The Hall–Kier alpha value is -1.52. The third-order valence-corrected chi connectivity index (χ3v) is 4.37. The molecule has 2 saturated carbocycles. The lowest BCUT2D eigenvalue weighted by Gasteiger charge is -2.19. The molecule has 0 atom stereocenters. The van der Waals surface area contributed by atoms with Crippen LogP contribution in [0.3, 0.4) is 0 Å². The molecule has 5 nitrogen and oxygen atoms in total. The highest BCUT2D eigenvalue weighted by atomic mass is 15.4. The van der Waals surface area contributed by atoms with E-state index in [0.717, 1.165) is 28.7 Å². The van der Waals surface area contributed by atoms with Crippen LogP contribution in [0.5, 0.6) is 0 Å². The molecular formula is C13H19N5. The van der Waals surface area contributed by atoms with Gasteiger partial charge in [-0.15, -0.1) is 0 Å². The Balaban J connectivity index is 1.94. The minimum absolute atomic E-state index is 0.560. The minimum atomic E-state index is 0.560. The number of rotatable bonds is 3. The van der Waals surface area contributed by atoms with Gasteiger partial charge in [-0.05, 0) is 44.4 Å². The Labute approximate surface area is 106 Å². The van der Waals surface area contributed by atoms with E-state index in [4.69, 9.17) is 5.73 Å². The zero-order valence-corrected chi connectivity index (χ0v) is 10.9. The third-order valence-electron chi connectivity index (χ3n) is 4.37. The van der Waals surface area contributed by atoms with Gasteiger partial charge in [0.2, 0.25) is 5.95 Å². The summed E-state index contributed by atoms with van der Waals surface area (Å²) in [4.78, 5) is 4.53. The summed E-state index contributed by atoms with van der Waals surface area (Å²) in [5.74, 6) is 2.30. The van der Waals surface area contributed by atoms with E-state index in [1.54, 1.807) is 0 Å². The van der Waals surface area contributed by atoms with Crippen molar-refractivity contribution in [1.82, 2.24) is 19.3 Å². The average molecular weight is 245 g/mol. The van der Waals surface area contributed by atoms with Crippen molar-refractivity contribution in [3.63, 3.8) is 0 Å². The molecule has 0 spiro atoms. The largest absolute Gasteiger partial charge is 0.369 e. The van der Waals surface area contributed by atoms with Gasteiger partial charge in [0.15, 0.2) is 5.65 Å². The van der Waals surface area contributed by atoms with Crippen molar-refractivity contribution in [3.05, 3.63) is 5.69 Å². The highest BCUT2D eigenvalue weighted by molar-refractivity contribution is 5.77. The highest BCUT2D eigenvalue weighted by Crippen LogP contribution is 2.53. The summed E-state index contributed by atoms with van der Waals surface area (Å²) in [6.07, 6.45) is 5.38. The number of aryl methyl sites for hydroxylation is 2. The van der Waals surface area contributed by atoms with Gasteiger partial charge < -0.3 is 5.73 Å². The number of anilines is 1. The smallest absolute Gasteiger partial charge is 0.202 e. The van der Waals surface area contributed by atoms with Crippen LogP contribution in [0.15, 0.2) is 0 Å². The molecule has 2 aliphatic carbocycles. The van der Waals surface area contributed by atoms with Crippen LogP contribution < -0.4 is 5.73 Å². The fraction of sp³-hybridized carbons (Fsp3) is 0.692. The number of imidazole rings is 1. The number of nitrogens with two attached hydrogens (primary N) is 1. The Bertz CT molecular complexity index is 603. The van der Waals surface area contributed by atoms with E-state index in [-0.39, 0.29) is 0 Å². The summed E-state index contributed by atoms with van der Waals surface area (Å²) in [6, 6.07) is 0.560. The van der Waals surface area contributed by atoms with E-state index in [2.05, 4.69) is 14.6 Å². The molecule has 2 aromatic rings. The molecule has 2 aromatic heterocycles. The molecule has 4 rings (SSSR count). The molecule has 0 bridgehead atoms. The van der Waals surface area contributed by atoms with Gasteiger partial charge in [0.25, 0.3) is 0 Å². The number of hydrogen-bond donors (Lipinski definition) is 1. The lowest BCUT2D eigenvalue weighted by molar-refractivity contribution is 0.403. The number of nitrogen functional groups attached to an aromatic ring is 1. The Morgan fingerprint density at radius 2 is 1.83 bits per heavy atom. The van der Waals surface area contributed by atoms with Crippen molar-refractivity contribution in [3.8, 4) is 0 Å². The zero-order chi connectivity index (χ0) is 12.4. The second-order valence-corrected chi connectivity index (χ2v) is 5.89. The average Bonchev–Trinajstić information content (AvgIpc) is 3.20. The van der Waals surface area contributed by atoms with Gasteiger partial charge in [-0.25, -0.2) is 4.98 Å². The molecule has 2 heterocycles. The lowest BCUT2D eigenvalue weighted by atomic mass is 10.1. The maximum atomic E-state index is 6.18. The van der Waals surface area contributed by atoms with Crippen molar-refractivity contribution >= 4 is 17.1 Å². The van der Waals surface area contributed by atoms with Gasteiger partial charge in [0, 0.05) is 13.1 Å². The quantitative estimate of drug-likeness (QED) is 0.900. The Kier molecular flexibility index (Phi) is 1.89. The van der Waals surface area contributed by atoms with E-state index in [1.165, 1.54) is 25.7 Å². The summed E-state index contributed by atoms with van der Waals surface area (Å²) < 4.78 is 4.20. The van der Waals surface area contributed by atoms with Gasteiger partial charge in [-0.2, -0.15) is 5.10 Å². The molecule has 96 valence electrons. The van der Waals surface area contributed by atoms with Crippen LogP contribution in [0.1, 0.15) is 37.4 Å². The van der Waals surface area contributed by atoms with E-state index in [1.807, 2.05) is 18.7 Å². The predicted molar refractivity (Wildman–Crippen MR) is 70.1 cm³/mol. The molecular weight excluding hydrogens is 226 g/mol. The second kappa shape index (κ2) is 3.28. The maximum absolute atomic E-state index is 6.18. The first-order valence-electron chi connectivity index (χ1n) is 6.84. The Morgan fingerprint density at radius 1 is 1.22 bits per heavy atom. The SMILES string of the molecule is Cc1nn(C)c2c1nc(N)n2C(C1CC1)C1CC1. The topological polar surface area (TPSA) is 61.7 Å². The van der Waals surface area contributed by atoms with Crippen LogP contribution in [-0.2, 0) is 7.05 Å².